The summed E-state index contributed by atoms with van der Waals surface area (Å²) in [6.45, 7) is 0.698. The molecule has 0 saturated carbocycles. The molecule has 1 aliphatic heterocycles. The van der Waals surface area contributed by atoms with E-state index < -0.39 is 0 Å². The summed E-state index contributed by atoms with van der Waals surface area (Å²) in [4.78, 5) is 27.5. The number of rotatable bonds is 3. The zero-order chi connectivity index (χ0) is 21.1. The summed E-state index contributed by atoms with van der Waals surface area (Å²) in [7, 11) is 0. The van der Waals surface area contributed by atoms with E-state index in [2.05, 4.69) is 11.4 Å². The van der Waals surface area contributed by atoms with E-state index in [0.717, 1.165) is 24.9 Å². The first-order valence-electron chi connectivity index (χ1n) is 9.89. The number of benzene rings is 3. The van der Waals surface area contributed by atoms with E-state index in [0.29, 0.717) is 34.1 Å². The molecule has 0 spiro atoms. The number of hydrogen-bond donors (Lipinski definition) is 2. The highest BCUT2D eigenvalue weighted by molar-refractivity contribution is 6.34. The van der Waals surface area contributed by atoms with E-state index in [1.807, 2.05) is 23.1 Å². The minimum Gasteiger partial charge on any atom is -0.399 e. The number of para-hydroxylation sites is 1. The Morgan fingerprint density at radius 3 is 2.50 bits per heavy atom. The van der Waals surface area contributed by atoms with Crippen molar-refractivity contribution in [3.8, 4) is 0 Å². The predicted octanol–water partition coefficient (Wildman–Crippen LogP) is 5.16. The van der Waals surface area contributed by atoms with Crippen molar-refractivity contribution in [1.29, 1.82) is 0 Å². The van der Waals surface area contributed by atoms with E-state index >= 15 is 0 Å². The van der Waals surface area contributed by atoms with Crippen LogP contribution in [0.5, 0.6) is 0 Å². The number of nitrogens with one attached hydrogen (secondary N) is 1. The fourth-order valence-corrected chi connectivity index (χ4v) is 3.94. The third-order valence-corrected chi connectivity index (χ3v) is 5.55. The van der Waals surface area contributed by atoms with Crippen molar-refractivity contribution in [3.63, 3.8) is 0 Å². The van der Waals surface area contributed by atoms with Crippen molar-refractivity contribution in [2.45, 2.75) is 19.3 Å². The van der Waals surface area contributed by atoms with Gasteiger partial charge in [-0.15, -0.1) is 0 Å². The summed E-state index contributed by atoms with van der Waals surface area (Å²) >= 11 is 6.11. The van der Waals surface area contributed by atoms with Gasteiger partial charge in [-0.1, -0.05) is 29.8 Å². The van der Waals surface area contributed by atoms with Gasteiger partial charge in [-0.2, -0.15) is 0 Å². The Bertz CT molecular complexity index is 1100. The Balaban J connectivity index is 1.51. The second-order valence-electron chi connectivity index (χ2n) is 7.31. The summed E-state index contributed by atoms with van der Waals surface area (Å²) in [5.41, 5.74) is 9.86. The number of nitrogen functional groups attached to an aromatic ring is 1. The van der Waals surface area contributed by atoms with Gasteiger partial charge in [-0.05, 0) is 73.4 Å². The van der Waals surface area contributed by atoms with Crippen LogP contribution in [0.2, 0.25) is 5.02 Å². The second kappa shape index (κ2) is 8.59. The van der Waals surface area contributed by atoms with Crippen LogP contribution in [0.3, 0.4) is 0 Å². The van der Waals surface area contributed by atoms with E-state index in [1.54, 1.807) is 36.4 Å². The van der Waals surface area contributed by atoms with Gasteiger partial charge in [0.1, 0.15) is 0 Å². The number of carbonyl (C=O) groups excluding carboxylic acids is 2. The monoisotopic (exact) mass is 419 g/mol. The third-order valence-electron chi connectivity index (χ3n) is 5.23. The number of hydrogen-bond acceptors (Lipinski definition) is 3. The number of amides is 2. The Morgan fingerprint density at radius 2 is 1.73 bits per heavy atom. The maximum atomic E-state index is 13.2. The molecule has 3 N–H and O–H groups in total. The van der Waals surface area contributed by atoms with Crippen molar-refractivity contribution in [2.75, 3.05) is 22.5 Å². The Kier molecular flexibility index (Phi) is 5.72. The average Bonchev–Trinajstić information content (AvgIpc) is 2.96. The lowest BCUT2D eigenvalue weighted by Gasteiger charge is -2.23. The number of aryl methyl sites for hydroxylation is 1. The molecule has 3 aromatic rings. The van der Waals surface area contributed by atoms with Gasteiger partial charge in [0.25, 0.3) is 11.8 Å². The van der Waals surface area contributed by atoms with Crippen LogP contribution >= 0.6 is 11.6 Å². The minimum absolute atomic E-state index is 0.0381. The second-order valence-corrected chi connectivity index (χ2v) is 7.72. The van der Waals surface area contributed by atoms with Crippen LogP contribution in [0.25, 0.3) is 0 Å². The molecule has 2 amide bonds. The molecule has 3 aromatic carbocycles. The van der Waals surface area contributed by atoms with E-state index in [1.165, 1.54) is 11.6 Å². The van der Waals surface area contributed by atoms with Crippen LogP contribution < -0.4 is 16.0 Å². The molecule has 4 rings (SSSR count). The highest BCUT2D eigenvalue weighted by Crippen LogP contribution is 2.28. The first-order chi connectivity index (χ1) is 14.5. The summed E-state index contributed by atoms with van der Waals surface area (Å²) in [5.74, 6) is -0.371. The van der Waals surface area contributed by atoms with Gasteiger partial charge in [-0.25, -0.2) is 0 Å². The van der Waals surface area contributed by atoms with Crippen LogP contribution in [-0.2, 0) is 6.42 Å². The number of nitrogens with zero attached hydrogens (tertiary/aromatic N) is 1. The van der Waals surface area contributed by atoms with Gasteiger partial charge in [0.2, 0.25) is 0 Å². The molecule has 0 bridgehead atoms. The molecule has 1 aliphatic rings. The molecular formula is C24H22ClN3O2. The molecule has 0 unspecified atom stereocenters. The average molecular weight is 420 g/mol. The fraction of sp³-hybridized carbons (Fsp3) is 0.167. The molecule has 1 heterocycles. The molecule has 0 atom stereocenters. The lowest BCUT2D eigenvalue weighted by atomic mass is 10.1. The molecule has 6 heteroatoms. The highest BCUT2D eigenvalue weighted by atomic mass is 35.5. The van der Waals surface area contributed by atoms with Crippen molar-refractivity contribution < 1.29 is 9.59 Å². The van der Waals surface area contributed by atoms with Gasteiger partial charge in [0.15, 0.2) is 0 Å². The van der Waals surface area contributed by atoms with E-state index in [9.17, 15) is 9.59 Å². The largest absolute Gasteiger partial charge is 0.399 e. The summed E-state index contributed by atoms with van der Waals surface area (Å²) in [6, 6.07) is 19.7. The van der Waals surface area contributed by atoms with Gasteiger partial charge in [-0.3, -0.25) is 9.59 Å². The maximum Gasteiger partial charge on any atom is 0.258 e. The molecule has 0 aliphatic carbocycles. The normalized spacial score (nSPS) is 13.3. The van der Waals surface area contributed by atoms with Crippen molar-refractivity contribution >= 4 is 40.5 Å². The summed E-state index contributed by atoms with van der Waals surface area (Å²) in [6.07, 6.45) is 3.02. The molecule has 5 nitrogen and oxygen atoms in total. The topological polar surface area (TPSA) is 75.4 Å². The molecule has 0 aromatic heterocycles. The molecule has 0 radical (unpaired) electrons. The van der Waals surface area contributed by atoms with Crippen molar-refractivity contribution in [3.05, 3.63) is 88.4 Å². The lowest BCUT2D eigenvalue weighted by Crippen LogP contribution is -2.31. The molecular weight excluding hydrogens is 398 g/mol. The van der Waals surface area contributed by atoms with Crippen LogP contribution in [0.4, 0.5) is 17.1 Å². The van der Waals surface area contributed by atoms with E-state index in [4.69, 9.17) is 17.3 Å². The zero-order valence-corrected chi connectivity index (χ0v) is 17.2. The number of carbonyl (C=O) groups is 2. The Hall–Kier alpha value is -3.31. The Morgan fingerprint density at radius 1 is 0.967 bits per heavy atom. The van der Waals surface area contributed by atoms with Crippen molar-refractivity contribution in [2.24, 2.45) is 0 Å². The smallest absolute Gasteiger partial charge is 0.258 e. The van der Waals surface area contributed by atoms with Crippen LogP contribution in [0, 0.1) is 0 Å². The molecule has 0 saturated heterocycles. The van der Waals surface area contributed by atoms with Crippen molar-refractivity contribution in [1.82, 2.24) is 0 Å². The number of halogens is 1. The number of fused-ring (bicyclic) bond motifs is 1. The van der Waals surface area contributed by atoms with Crippen LogP contribution in [0.15, 0.2) is 66.7 Å². The quantitative estimate of drug-likeness (QED) is 0.576. The maximum absolute atomic E-state index is 13.2. The van der Waals surface area contributed by atoms with Gasteiger partial charge < -0.3 is 16.0 Å². The molecule has 30 heavy (non-hydrogen) atoms. The summed E-state index contributed by atoms with van der Waals surface area (Å²) in [5, 5.41) is 3.09. The molecule has 152 valence electrons. The highest BCUT2D eigenvalue weighted by Gasteiger charge is 2.22. The first-order valence-corrected chi connectivity index (χ1v) is 10.3. The minimum atomic E-state index is -0.333. The molecule has 0 fully saturated rings. The number of nitrogens with two attached hydrogens (primary N) is 1. The van der Waals surface area contributed by atoms with Crippen LogP contribution in [0.1, 0.15) is 39.1 Å². The zero-order valence-electron chi connectivity index (χ0n) is 16.4. The predicted molar refractivity (Wildman–Crippen MR) is 121 cm³/mol. The lowest BCUT2D eigenvalue weighted by molar-refractivity contribution is 0.0985. The van der Waals surface area contributed by atoms with Gasteiger partial charge in [0.05, 0.1) is 10.6 Å². The third kappa shape index (κ3) is 4.16. The Labute approximate surface area is 180 Å². The van der Waals surface area contributed by atoms with Gasteiger partial charge in [0, 0.05) is 29.2 Å². The van der Waals surface area contributed by atoms with Gasteiger partial charge >= 0.3 is 0 Å². The van der Waals surface area contributed by atoms with E-state index in [-0.39, 0.29) is 11.8 Å². The first kappa shape index (κ1) is 20.0. The summed E-state index contributed by atoms with van der Waals surface area (Å²) < 4.78 is 0. The van der Waals surface area contributed by atoms with Crippen LogP contribution in [-0.4, -0.2) is 18.4 Å². The number of anilines is 3. The SMILES string of the molecule is Nc1ccc(C(=O)Nc2ccc(C(=O)N3CCCCc4ccccc43)cc2)c(Cl)c1. The fourth-order valence-electron chi connectivity index (χ4n) is 3.67. The standard InChI is InChI=1S/C24H22ClN3O2/c25-21-15-18(26)10-13-20(21)23(29)27-19-11-8-17(9-12-19)24(30)28-14-4-3-6-16-5-1-2-7-22(16)28/h1-2,5,7-13,15H,3-4,6,14,26H2,(H,27,29).